The molecular formula is C18H25NO2. The largest absolute Gasteiger partial charge is 0.496 e. The van der Waals surface area contributed by atoms with Crippen LogP contribution < -0.4 is 4.74 Å². The third-order valence-electron chi connectivity index (χ3n) is 5.65. The molecule has 3 heterocycles. The molecule has 0 saturated carbocycles. The zero-order chi connectivity index (χ0) is 14.2. The van der Waals surface area contributed by atoms with Gasteiger partial charge in [-0.05, 0) is 62.7 Å². The fourth-order valence-electron chi connectivity index (χ4n) is 4.54. The lowest BCUT2D eigenvalue weighted by atomic mass is 9.86. The second-order valence-corrected chi connectivity index (χ2v) is 6.73. The molecule has 0 amide bonds. The van der Waals surface area contributed by atoms with Gasteiger partial charge >= 0.3 is 0 Å². The van der Waals surface area contributed by atoms with Crippen molar-refractivity contribution in [2.24, 2.45) is 0 Å². The van der Waals surface area contributed by atoms with E-state index < -0.39 is 0 Å². The minimum Gasteiger partial charge on any atom is -0.496 e. The van der Waals surface area contributed by atoms with Gasteiger partial charge in [-0.25, -0.2) is 0 Å². The van der Waals surface area contributed by atoms with Crippen molar-refractivity contribution >= 4 is 0 Å². The number of ether oxygens (including phenoxy) is 2. The quantitative estimate of drug-likeness (QED) is 0.852. The number of benzene rings is 1. The molecule has 3 nitrogen and oxygen atoms in total. The predicted molar refractivity (Wildman–Crippen MR) is 82.8 cm³/mol. The van der Waals surface area contributed by atoms with Gasteiger partial charge < -0.3 is 9.47 Å². The van der Waals surface area contributed by atoms with Gasteiger partial charge in [0.2, 0.25) is 0 Å². The number of hydrogen-bond donors (Lipinski definition) is 0. The molecule has 3 heteroatoms. The summed E-state index contributed by atoms with van der Waals surface area (Å²) >= 11 is 0. The van der Waals surface area contributed by atoms with E-state index in [2.05, 4.69) is 29.2 Å². The van der Waals surface area contributed by atoms with Crippen LogP contribution in [0.2, 0.25) is 0 Å². The molecule has 3 aliphatic heterocycles. The Balaban J connectivity index is 1.40. The van der Waals surface area contributed by atoms with Gasteiger partial charge in [-0.15, -0.1) is 0 Å². The van der Waals surface area contributed by atoms with Gasteiger partial charge in [-0.1, -0.05) is 18.2 Å². The van der Waals surface area contributed by atoms with Gasteiger partial charge in [0.25, 0.3) is 0 Å². The van der Waals surface area contributed by atoms with Crippen molar-refractivity contribution in [1.29, 1.82) is 0 Å². The highest BCUT2D eigenvalue weighted by Gasteiger charge is 2.44. The first-order chi connectivity index (χ1) is 10.3. The minimum atomic E-state index is 0.526. The molecule has 3 atom stereocenters. The molecule has 0 radical (unpaired) electrons. The maximum Gasteiger partial charge on any atom is 0.122 e. The third kappa shape index (κ3) is 2.47. The van der Waals surface area contributed by atoms with Crippen molar-refractivity contribution in [3.63, 3.8) is 0 Å². The molecule has 1 aromatic rings. The molecule has 0 N–H and O–H groups in total. The van der Waals surface area contributed by atoms with Crippen LogP contribution in [-0.4, -0.2) is 43.3 Å². The van der Waals surface area contributed by atoms with Crippen LogP contribution in [0.15, 0.2) is 24.3 Å². The Morgan fingerprint density at radius 3 is 2.57 bits per heavy atom. The summed E-state index contributed by atoms with van der Waals surface area (Å²) in [4.78, 5) is 2.69. The first-order valence-corrected chi connectivity index (χ1v) is 8.37. The number of methoxy groups -OCH3 is 1. The Labute approximate surface area is 127 Å². The number of nitrogens with zero attached hydrogens (tertiary/aromatic N) is 1. The average molecular weight is 287 g/mol. The second-order valence-electron chi connectivity index (χ2n) is 6.73. The van der Waals surface area contributed by atoms with Crippen LogP contribution in [0.3, 0.4) is 0 Å². The SMILES string of the molecule is COc1ccccc1C1CCN([C@H]2C[C@H]3CC[C@H]2O3)CC1. The van der Waals surface area contributed by atoms with E-state index >= 15 is 0 Å². The molecule has 0 aliphatic carbocycles. The van der Waals surface area contributed by atoms with E-state index in [0.29, 0.717) is 24.2 Å². The number of piperidine rings is 1. The monoisotopic (exact) mass is 287 g/mol. The van der Waals surface area contributed by atoms with E-state index in [0.717, 1.165) is 5.75 Å². The number of rotatable bonds is 3. The van der Waals surface area contributed by atoms with Gasteiger partial charge in [-0.2, -0.15) is 0 Å². The maximum atomic E-state index is 6.02. The van der Waals surface area contributed by atoms with Crippen molar-refractivity contribution in [1.82, 2.24) is 4.90 Å². The van der Waals surface area contributed by atoms with Crippen molar-refractivity contribution in [2.45, 2.75) is 56.3 Å². The van der Waals surface area contributed by atoms with Gasteiger partial charge in [0.1, 0.15) is 5.75 Å². The van der Waals surface area contributed by atoms with Crippen molar-refractivity contribution in [3.05, 3.63) is 29.8 Å². The Bertz CT molecular complexity index is 496. The normalized spacial score (nSPS) is 33.5. The summed E-state index contributed by atoms with van der Waals surface area (Å²) in [6.07, 6.45) is 7.41. The predicted octanol–water partition coefficient (Wildman–Crippen LogP) is 3.19. The summed E-state index contributed by atoms with van der Waals surface area (Å²) < 4.78 is 11.6. The highest BCUT2D eigenvalue weighted by atomic mass is 16.5. The highest BCUT2D eigenvalue weighted by Crippen LogP contribution is 2.40. The molecule has 2 bridgehead atoms. The van der Waals surface area contributed by atoms with Crippen LogP contribution in [0.5, 0.6) is 5.75 Å². The molecule has 21 heavy (non-hydrogen) atoms. The molecule has 0 unspecified atom stereocenters. The lowest BCUT2D eigenvalue weighted by molar-refractivity contribution is 0.0602. The summed E-state index contributed by atoms with van der Waals surface area (Å²) in [6, 6.07) is 9.21. The Morgan fingerprint density at radius 2 is 1.90 bits per heavy atom. The third-order valence-corrected chi connectivity index (χ3v) is 5.65. The number of hydrogen-bond acceptors (Lipinski definition) is 3. The summed E-state index contributed by atoms with van der Waals surface area (Å²) in [6.45, 7) is 2.42. The van der Waals surface area contributed by atoms with Crippen LogP contribution in [0.1, 0.15) is 43.6 Å². The summed E-state index contributed by atoms with van der Waals surface area (Å²) in [5.41, 5.74) is 1.39. The van der Waals surface area contributed by atoms with Crippen LogP contribution >= 0.6 is 0 Å². The van der Waals surface area contributed by atoms with Crippen LogP contribution in [0.25, 0.3) is 0 Å². The molecule has 1 aromatic carbocycles. The second kappa shape index (κ2) is 5.62. The fourth-order valence-corrected chi connectivity index (χ4v) is 4.54. The number of para-hydroxylation sites is 1. The molecule has 3 fully saturated rings. The highest BCUT2D eigenvalue weighted by molar-refractivity contribution is 5.36. The molecule has 0 aromatic heterocycles. The van der Waals surface area contributed by atoms with E-state index in [1.165, 1.54) is 50.8 Å². The fraction of sp³-hybridized carbons (Fsp3) is 0.667. The Morgan fingerprint density at radius 1 is 1.10 bits per heavy atom. The molecule has 3 aliphatic rings. The molecule has 3 saturated heterocycles. The van der Waals surface area contributed by atoms with Gasteiger partial charge in [-0.3, -0.25) is 4.90 Å². The van der Waals surface area contributed by atoms with Crippen LogP contribution in [-0.2, 0) is 4.74 Å². The maximum absolute atomic E-state index is 6.02. The van der Waals surface area contributed by atoms with Gasteiger partial charge in [0, 0.05) is 6.04 Å². The number of fused-ring (bicyclic) bond motifs is 2. The van der Waals surface area contributed by atoms with E-state index in [-0.39, 0.29) is 0 Å². The van der Waals surface area contributed by atoms with E-state index in [1.54, 1.807) is 7.11 Å². The Hall–Kier alpha value is -1.06. The molecular weight excluding hydrogens is 262 g/mol. The summed E-state index contributed by atoms with van der Waals surface area (Å²) in [5, 5.41) is 0. The van der Waals surface area contributed by atoms with Crippen LogP contribution in [0, 0.1) is 0 Å². The number of likely N-dealkylation sites (tertiary alicyclic amines) is 1. The van der Waals surface area contributed by atoms with E-state index in [4.69, 9.17) is 9.47 Å². The smallest absolute Gasteiger partial charge is 0.122 e. The standard InChI is InChI=1S/C18H25NO2/c1-20-17-5-3-2-4-15(17)13-8-10-19(11-9-13)16-12-14-6-7-18(16)21-14/h2-5,13-14,16,18H,6-12H2,1H3/t14-,16+,18-/m1/s1. The van der Waals surface area contributed by atoms with Crippen molar-refractivity contribution in [2.75, 3.05) is 20.2 Å². The van der Waals surface area contributed by atoms with Crippen LogP contribution in [0.4, 0.5) is 0 Å². The average Bonchev–Trinajstić information content (AvgIpc) is 3.18. The van der Waals surface area contributed by atoms with Gasteiger partial charge in [0.15, 0.2) is 0 Å². The van der Waals surface area contributed by atoms with E-state index in [1.807, 2.05) is 0 Å². The Kier molecular flexibility index (Phi) is 3.64. The first kappa shape index (κ1) is 13.6. The van der Waals surface area contributed by atoms with Crippen molar-refractivity contribution in [3.8, 4) is 5.75 Å². The molecule has 114 valence electrons. The summed E-state index contributed by atoms with van der Waals surface area (Å²) in [5.74, 6) is 1.70. The van der Waals surface area contributed by atoms with Crippen molar-refractivity contribution < 1.29 is 9.47 Å². The zero-order valence-electron chi connectivity index (χ0n) is 12.8. The first-order valence-electron chi connectivity index (χ1n) is 8.37. The molecule has 4 rings (SSSR count). The lowest BCUT2D eigenvalue weighted by Gasteiger charge is -2.38. The van der Waals surface area contributed by atoms with Gasteiger partial charge in [0.05, 0.1) is 19.3 Å². The zero-order valence-corrected chi connectivity index (χ0v) is 12.8. The minimum absolute atomic E-state index is 0.526. The topological polar surface area (TPSA) is 21.7 Å². The van der Waals surface area contributed by atoms with E-state index in [9.17, 15) is 0 Å². The molecule has 0 spiro atoms. The summed E-state index contributed by atoms with van der Waals surface area (Å²) in [7, 11) is 1.78. The lowest BCUT2D eigenvalue weighted by Crippen LogP contribution is -2.45.